The van der Waals surface area contributed by atoms with E-state index >= 15 is 0 Å². The molecule has 0 spiro atoms. The average molecular weight is 334 g/mol. The Labute approximate surface area is 141 Å². The zero-order valence-electron chi connectivity index (χ0n) is 13.9. The van der Waals surface area contributed by atoms with Crippen molar-refractivity contribution in [2.24, 2.45) is 5.92 Å². The summed E-state index contributed by atoms with van der Waals surface area (Å²) in [6.07, 6.45) is 1.46. The molecule has 0 aliphatic carbocycles. The van der Waals surface area contributed by atoms with Gasteiger partial charge in [0.15, 0.2) is 0 Å². The van der Waals surface area contributed by atoms with E-state index in [9.17, 15) is 14.0 Å². The maximum Gasteiger partial charge on any atom is 0.227 e. The van der Waals surface area contributed by atoms with E-state index in [-0.39, 0.29) is 29.7 Å². The SMILES string of the molecule is CC(=O)N1CCC[C@H](C(=O)N2CCO[C@@H](c3ccc(F)cc3)C2)C1. The smallest absolute Gasteiger partial charge is 0.227 e. The van der Waals surface area contributed by atoms with Crippen LogP contribution in [-0.4, -0.2) is 54.4 Å². The van der Waals surface area contributed by atoms with Crippen molar-refractivity contribution in [1.82, 2.24) is 9.80 Å². The number of piperidine rings is 1. The summed E-state index contributed by atoms with van der Waals surface area (Å²) in [4.78, 5) is 28.0. The molecule has 2 atom stereocenters. The van der Waals surface area contributed by atoms with Gasteiger partial charge in [-0.2, -0.15) is 0 Å². The number of benzene rings is 1. The molecule has 130 valence electrons. The summed E-state index contributed by atoms with van der Waals surface area (Å²) in [6, 6.07) is 6.22. The molecule has 6 heteroatoms. The predicted molar refractivity (Wildman–Crippen MR) is 86.7 cm³/mol. The maximum atomic E-state index is 13.1. The van der Waals surface area contributed by atoms with Gasteiger partial charge in [-0.1, -0.05) is 12.1 Å². The molecule has 24 heavy (non-hydrogen) atoms. The molecular formula is C18H23FN2O3. The van der Waals surface area contributed by atoms with Crippen molar-refractivity contribution in [3.05, 3.63) is 35.6 Å². The molecule has 0 radical (unpaired) electrons. The van der Waals surface area contributed by atoms with E-state index in [2.05, 4.69) is 0 Å². The normalized spacial score (nSPS) is 24.8. The Hall–Kier alpha value is -1.95. The standard InChI is InChI=1S/C18H23FN2O3/c1-13(22)20-8-2-3-15(11-20)18(23)21-9-10-24-17(12-21)14-4-6-16(19)7-5-14/h4-7,15,17H,2-3,8-12H2,1H3/t15-,17+/m0/s1. The lowest BCUT2D eigenvalue weighted by molar-refractivity contribution is -0.146. The molecule has 1 aromatic carbocycles. The number of nitrogens with zero attached hydrogens (tertiary/aromatic N) is 2. The molecule has 5 nitrogen and oxygen atoms in total. The van der Waals surface area contributed by atoms with E-state index in [1.54, 1.807) is 24.0 Å². The molecule has 2 fully saturated rings. The summed E-state index contributed by atoms with van der Waals surface area (Å²) in [7, 11) is 0. The van der Waals surface area contributed by atoms with Gasteiger partial charge < -0.3 is 14.5 Å². The summed E-state index contributed by atoms with van der Waals surface area (Å²) < 4.78 is 18.8. The van der Waals surface area contributed by atoms with Crippen molar-refractivity contribution in [1.29, 1.82) is 0 Å². The number of halogens is 1. The molecule has 0 saturated carbocycles. The van der Waals surface area contributed by atoms with Gasteiger partial charge in [-0.15, -0.1) is 0 Å². The first-order valence-electron chi connectivity index (χ1n) is 8.46. The van der Waals surface area contributed by atoms with Gasteiger partial charge in [-0.3, -0.25) is 9.59 Å². The molecule has 0 bridgehead atoms. The van der Waals surface area contributed by atoms with Crippen molar-refractivity contribution in [3.63, 3.8) is 0 Å². The number of amides is 2. The average Bonchev–Trinajstić information content (AvgIpc) is 2.62. The van der Waals surface area contributed by atoms with Gasteiger partial charge >= 0.3 is 0 Å². The van der Waals surface area contributed by atoms with Crippen LogP contribution in [0.25, 0.3) is 0 Å². The van der Waals surface area contributed by atoms with Crippen LogP contribution < -0.4 is 0 Å². The quantitative estimate of drug-likeness (QED) is 0.831. The number of likely N-dealkylation sites (tertiary alicyclic amines) is 1. The lowest BCUT2D eigenvalue weighted by Gasteiger charge is -2.38. The number of carbonyl (C=O) groups is 2. The second kappa shape index (κ2) is 7.30. The first-order valence-corrected chi connectivity index (χ1v) is 8.46. The lowest BCUT2D eigenvalue weighted by atomic mass is 9.95. The highest BCUT2D eigenvalue weighted by Gasteiger charge is 2.33. The fraction of sp³-hybridized carbons (Fsp3) is 0.556. The minimum atomic E-state index is -0.283. The zero-order valence-corrected chi connectivity index (χ0v) is 13.9. The summed E-state index contributed by atoms with van der Waals surface area (Å²) in [5, 5.41) is 0. The van der Waals surface area contributed by atoms with Crippen molar-refractivity contribution in [2.75, 3.05) is 32.8 Å². The van der Waals surface area contributed by atoms with Gasteiger partial charge in [0.1, 0.15) is 11.9 Å². The van der Waals surface area contributed by atoms with Crippen molar-refractivity contribution >= 4 is 11.8 Å². The highest BCUT2D eigenvalue weighted by Crippen LogP contribution is 2.25. The van der Waals surface area contributed by atoms with Crippen molar-refractivity contribution in [3.8, 4) is 0 Å². The largest absolute Gasteiger partial charge is 0.370 e. The van der Waals surface area contributed by atoms with Gasteiger partial charge in [0.05, 0.1) is 19.1 Å². The molecule has 0 aromatic heterocycles. The number of rotatable bonds is 2. The third-order valence-corrected chi connectivity index (χ3v) is 4.84. The highest BCUT2D eigenvalue weighted by molar-refractivity contribution is 5.81. The molecule has 2 heterocycles. The second-order valence-corrected chi connectivity index (χ2v) is 6.50. The van der Waals surface area contributed by atoms with Crippen LogP contribution in [0.2, 0.25) is 0 Å². The van der Waals surface area contributed by atoms with Crippen LogP contribution in [0.3, 0.4) is 0 Å². The molecule has 2 aliphatic rings. The van der Waals surface area contributed by atoms with Crippen LogP contribution in [0.1, 0.15) is 31.4 Å². The molecule has 0 unspecified atom stereocenters. The first kappa shape index (κ1) is 16.9. The van der Waals surface area contributed by atoms with Crippen LogP contribution in [0.4, 0.5) is 4.39 Å². The third-order valence-electron chi connectivity index (χ3n) is 4.84. The third kappa shape index (κ3) is 3.75. The molecule has 3 rings (SSSR count). The van der Waals surface area contributed by atoms with Gasteiger partial charge in [-0.25, -0.2) is 4.39 Å². The Morgan fingerprint density at radius 1 is 1.12 bits per heavy atom. The first-order chi connectivity index (χ1) is 11.5. The van der Waals surface area contributed by atoms with Crippen LogP contribution in [0.15, 0.2) is 24.3 Å². The van der Waals surface area contributed by atoms with E-state index in [0.29, 0.717) is 26.2 Å². The lowest BCUT2D eigenvalue weighted by Crippen LogP contribution is -2.49. The Balaban J connectivity index is 1.64. The number of hydrogen-bond donors (Lipinski definition) is 0. The molecule has 0 N–H and O–H groups in total. The van der Waals surface area contributed by atoms with Gasteiger partial charge in [0.2, 0.25) is 11.8 Å². The summed E-state index contributed by atoms with van der Waals surface area (Å²) in [6.45, 7) is 4.30. The van der Waals surface area contributed by atoms with Gasteiger partial charge in [0.25, 0.3) is 0 Å². The fourth-order valence-electron chi connectivity index (χ4n) is 3.45. The van der Waals surface area contributed by atoms with E-state index < -0.39 is 0 Å². The molecule has 1 aromatic rings. The Bertz CT molecular complexity index is 605. The molecule has 2 amide bonds. The van der Waals surface area contributed by atoms with Crippen LogP contribution in [0.5, 0.6) is 0 Å². The summed E-state index contributed by atoms with van der Waals surface area (Å²) >= 11 is 0. The fourth-order valence-corrected chi connectivity index (χ4v) is 3.45. The monoisotopic (exact) mass is 334 g/mol. The van der Waals surface area contributed by atoms with E-state index in [4.69, 9.17) is 4.74 Å². The summed E-state index contributed by atoms with van der Waals surface area (Å²) in [5.74, 6) is -0.293. The minimum absolute atomic E-state index is 0.0265. The summed E-state index contributed by atoms with van der Waals surface area (Å²) in [5.41, 5.74) is 0.878. The molecular weight excluding hydrogens is 311 g/mol. The Morgan fingerprint density at radius 3 is 2.58 bits per heavy atom. The van der Waals surface area contributed by atoms with Crippen LogP contribution in [0, 0.1) is 11.7 Å². The predicted octanol–water partition coefficient (Wildman–Crippen LogP) is 1.98. The van der Waals surface area contributed by atoms with Crippen LogP contribution in [-0.2, 0) is 14.3 Å². The zero-order chi connectivity index (χ0) is 17.1. The Morgan fingerprint density at radius 2 is 1.88 bits per heavy atom. The number of ether oxygens (including phenoxy) is 1. The van der Waals surface area contributed by atoms with E-state index in [1.165, 1.54) is 12.1 Å². The van der Waals surface area contributed by atoms with E-state index in [0.717, 1.165) is 24.9 Å². The molecule has 2 saturated heterocycles. The Kier molecular flexibility index (Phi) is 5.14. The maximum absolute atomic E-state index is 13.1. The second-order valence-electron chi connectivity index (χ2n) is 6.50. The number of hydrogen-bond acceptors (Lipinski definition) is 3. The van der Waals surface area contributed by atoms with E-state index in [1.807, 2.05) is 4.90 Å². The van der Waals surface area contributed by atoms with Crippen LogP contribution >= 0.6 is 0 Å². The van der Waals surface area contributed by atoms with Gasteiger partial charge in [-0.05, 0) is 30.5 Å². The highest BCUT2D eigenvalue weighted by atomic mass is 19.1. The minimum Gasteiger partial charge on any atom is -0.370 e. The number of carbonyl (C=O) groups excluding carboxylic acids is 2. The number of morpholine rings is 1. The van der Waals surface area contributed by atoms with Crippen molar-refractivity contribution < 1.29 is 18.7 Å². The van der Waals surface area contributed by atoms with Crippen molar-refractivity contribution in [2.45, 2.75) is 25.9 Å². The molecule has 2 aliphatic heterocycles. The topological polar surface area (TPSA) is 49.9 Å². The van der Waals surface area contributed by atoms with Gasteiger partial charge in [0, 0.05) is 26.6 Å².